The predicted octanol–water partition coefficient (Wildman–Crippen LogP) is 3.71. The number of nitriles is 1. The highest BCUT2D eigenvalue weighted by atomic mass is 19.1. The maximum Gasteiger partial charge on any atom is 0.148 e. The van der Waals surface area contributed by atoms with E-state index in [-0.39, 0.29) is 5.82 Å². The number of hydrogen-bond acceptors (Lipinski definition) is 3. The number of nitrogens with one attached hydrogen (secondary N) is 1. The zero-order chi connectivity index (χ0) is 13.2. The van der Waals surface area contributed by atoms with Crippen molar-refractivity contribution >= 4 is 11.5 Å². The summed E-state index contributed by atoms with van der Waals surface area (Å²) in [6.45, 7) is 0. The smallest absolute Gasteiger partial charge is 0.148 e. The van der Waals surface area contributed by atoms with Crippen LogP contribution in [0.15, 0.2) is 36.4 Å². The van der Waals surface area contributed by atoms with E-state index in [9.17, 15) is 4.39 Å². The van der Waals surface area contributed by atoms with Crippen molar-refractivity contribution in [3.63, 3.8) is 0 Å². The minimum atomic E-state index is -0.356. The fraction of sp³-hybridized carbons (Fsp3) is 0.200. The van der Waals surface area contributed by atoms with Gasteiger partial charge in [-0.2, -0.15) is 5.26 Å². The summed E-state index contributed by atoms with van der Waals surface area (Å²) < 4.78 is 13.6. The van der Waals surface area contributed by atoms with Crippen LogP contribution < -0.4 is 5.32 Å². The SMILES string of the molecule is N#Cc1ccc(C2CC2)nc1Nc1ccccc1F. The summed E-state index contributed by atoms with van der Waals surface area (Å²) in [4.78, 5) is 4.44. The number of hydrogen-bond donors (Lipinski definition) is 1. The maximum absolute atomic E-state index is 13.6. The van der Waals surface area contributed by atoms with Crippen LogP contribution in [0.3, 0.4) is 0 Å². The van der Waals surface area contributed by atoms with E-state index in [2.05, 4.69) is 16.4 Å². The molecule has 1 fully saturated rings. The lowest BCUT2D eigenvalue weighted by Crippen LogP contribution is -2.01. The number of benzene rings is 1. The van der Waals surface area contributed by atoms with E-state index < -0.39 is 0 Å². The fourth-order valence-corrected chi connectivity index (χ4v) is 1.96. The van der Waals surface area contributed by atoms with E-state index in [0.29, 0.717) is 23.0 Å². The lowest BCUT2D eigenvalue weighted by molar-refractivity contribution is 0.632. The van der Waals surface area contributed by atoms with E-state index >= 15 is 0 Å². The number of pyridine rings is 1. The van der Waals surface area contributed by atoms with Crippen LogP contribution in [0.2, 0.25) is 0 Å². The van der Waals surface area contributed by atoms with Gasteiger partial charge >= 0.3 is 0 Å². The minimum Gasteiger partial charge on any atom is -0.337 e. The monoisotopic (exact) mass is 253 g/mol. The van der Waals surface area contributed by atoms with Gasteiger partial charge in [0.25, 0.3) is 0 Å². The van der Waals surface area contributed by atoms with Crippen LogP contribution in [-0.2, 0) is 0 Å². The third-order valence-corrected chi connectivity index (χ3v) is 3.16. The average Bonchev–Trinajstić information content (AvgIpc) is 3.26. The largest absolute Gasteiger partial charge is 0.337 e. The van der Waals surface area contributed by atoms with Crippen molar-refractivity contribution in [1.29, 1.82) is 5.26 Å². The van der Waals surface area contributed by atoms with E-state index in [0.717, 1.165) is 18.5 Å². The first-order valence-electron chi connectivity index (χ1n) is 6.20. The molecule has 2 aromatic rings. The van der Waals surface area contributed by atoms with Gasteiger partial charge in [-0.3, -0.25) is 0 Å². The summed E-state index contributed by atoms with van der Waals surface area (Å²) in [5.41, 5.74) is 1.73. The summed E-state index contributed by atoms with van der Waals surface area (Å²) in [5, 5.41) is 12.0. The molecule has 0 amide bonds. The van der Waals surface area contributed by atoms with Gasteiger partial charge in [0.15, 0.2) is 0 Å². The second-order valence-corrected chi connectivity index (χ2v) is 4.62. The molecule has 0 spiro atoms. The van der Waals surface area contributed by atoms with Crippen molar-refractivity contribution in [2.75, 3.05) is 5.32 Å². The summed E-state index contributed by atoms with van der Waals surface area (Å²) in [5.74, 6) is 0.566. The van der Waals surface area contributed by atoms with Crippen molar-refractivity contribution in [1.82, 2.24) is 4.98 Å². The van der Waals surface area contributed by atoms with Crippen LogP contribution in [0.1, 0.15) is 30.0 Å². The number of rotatable bonds is 3. The molecule has 19 heavy (non-hydrogen) atoms. The van der Waals surface area contributed by atoms with Gasteiger partial charge in [-0.25, -0.2) is 9.37 Å². The van der Waals surface area contributed by atoms with Gasteiger partial charge in [0.2, 0.25) is 0 Å². The molecule has 3 rings (SSSR count). The third-order valence-electron chi connectivity index (χ3n) is 3.16. The van der Waals surface area contributed by atoms with Crippen LogP contribution in [-0.4, -0.2) is 4.98 Å². The van der Waals surface area contributed by atoms with Crippen molar-refractivity contribution in [3.8, 4) is 6.07 Å². The van der Waals surface area contributed by atoms with Gasteiger partial charge in [0.1, 0.15) is 17.7 Å². The molecule has 0 aliphatic heterocycles. The molecule has 1 saturated carbocycles. The lowest BCUT2D eigenvalue weighted by Gasteiger charge is -2.09. The van der Waals surface area contributed by atoms with Crippen molar-refractivity contribution in [2.45, 2.75) is 18.8 Å². The molecule has 1 aromatic heterocycles. The Labute approximate surface area is 110 Å². The molecular formula is C15H12FN3. The van der Waals surface area contributed by atoms with Crippen LogP contribution in [0.5, 0.6) is 0 Å². The molecule has 94 valence electrons. The molecular weight excluding hydrogens is 241 g/mol. The zero-order valence-electron chi connectivity index (χ0n) is 10.2. The molecule has 1 aliphatic rings. The highest BCUT2D eigenvalue weighted by molar-refractivity contribution is 5.63. The van der Waals surface area contributed by atoms with Gasteiger partial charge in [-0.15, -0.1) is 0 Å². The third kappa shape index (κ3) is 2.41. The van der Waals surface area contributed by atoms with E-state index in [1.54, 1.807) is 24.3 Å². The molecule has 0 atom stereocenters. The topological polar surface area (TPSA) is 48.7 Å². The van der Waals surface area contributed by atoms with Gasteiger partial charge < -0.3 is 5.32 Å². The Hall–Kier alpha value is -2.41. The Morgan fingerprint density at radius 2 is 2.00 bits per heavy atom. The molecule has 0 radical (unpaired) electrons. The van der Waals surface area contributed by atoms with Crippen molar-refractivity contribution in [2.24, 2.45) is 0 Å². The summed E-state index contributed by atoms with van der Waals surface area (Å²) in [7, 11) is 0. The Morgan fingerprint density at radius 1 is 1.21 bits per heavy atom. The summed E-state index contributed by atoms with van der Waals surface area (Å²) in [6.07, 6.45) is 2.27. The minimum absolute atomic E-state index is 0.333. The van der Waals surface area contributed by atoms with Crippen LogP contribution in [0.25, 0.3) is 0 Å². The van der Waals surface area contributed by atoms with Crippen molar-refractivity contribution < 1.29 is 4.39 Å². The molecule has 0 saturated heterocycles. The molecule has 0 unspecified atom stereocenters. The summed E-state index contributed by atoms with van der Waals surface area (Å²) in [6, 6.07) is 12.1. The summed E-state index contributed by atoms with van der Waals surface area (Å²) >= 11 is 0. The van der Waals surface area contributed by atoms with Gasteiger partial charge in [-0.05, 0) is 37.1 Å². The lowest BCUT2D eigenvalue weighted by atomic mass is 10.2. The Bertz CT molecular complexity index is 657. The molecule has 1 heterocycles. The van der Waals surface area contributed by atoms with E-state index in [1.165, 1.54) is 6.07 Å². The Kier molecular flexibility index (Phi) is 2.88. The number of halogens is 1. The first-order valence-corrected chi connectivity index (χ1v) is 6.20. The van der Waals surface area contributed by atoms with Gasteiger partial charge in [0.05, 0.1) is 11.3 Å². The molecule has 1 N–H and O–H groups in total. The number of para-hydroxylation sites is 1. The van der Waals surface area contributed by atoms with Crippen LogP contribution in [0.4, 0.5) is 15.9 Å². The molecule has 0 bridgehead atoms. The number of aromatic nitrogens is 1. The highest BCUT2D eigenvalue weighted by Crippen LogP contribution is 2.39. The van der Waals surface area contributed by atoms with Crippen molar-refractivity contribution in [3.05, 3.63) is 53.5 Å². The highest BCUT2D eigenvalue weighted by Gasteiger charge is 2.25. The predicted molar refractivity (Wildman–Crippen MR) is 70.6 cm³/mol. The maximum atomic E-state index is 13.6. The number of anilines is 2. The first kappa shape index (κ1) is 11.7. The van der Waals surface area contributed by atoms with Gasteiger partial charge in [0, 0.05) is 11.6 Å². The zero-order valence-corrected chi connectivity index (χ0v) is 10.2. The number of nitrogens with zero attached hydrogens (tertiary/aromatic N) is 2. The average molecular weight is 253 g/mol. The molecule has 1 aliphatic carbocycles. The molecule has 4 heteroatoms. The quantitative estimate of drug-likeness (QED) is 0.907. The van der Waals surface area contributed by atoms with E-state index in [1.807, 2.05) is 6.07 Å². The Balaban J connectivity index is 1.97. The van der Waals surface area contributed by atoms with Gasteiger partial charge in [-0.1, -0.05) is 12.1 Å². The first-order chi connectivity index (χ1) is 9.28. The fourth-order valence-electron chi connectivity index (χ4n) is 1.96. The van der Waals surface area contributed by atoms with E-state index in [4.69, 9.17) is 5.26 Å². The van der Waals surface area contributed by atoms with Crippen LogP contribution in [0, 0.1) is 17.1 Å². The molecule has 1 aromatic carbocycles. The van der Waals surface area contributed by atoms with Crippen LogP contribution >= 0.6 is 0 Å². The standard InChI is InChI=1S/C15H12FN3/c16-12-3-1-2-4-14(12)19-15-11(9-17)7-8-13(18-15)10-5-6-10/h1-4,7-8,10H,5-6H2,(H,18,19). The normalized spacial score (nSPS) is 13.9. The molecule has 3 nitrogen and oxygen atoms in total. The second kappa shape index (κ2) is 4.69. The second-order valence-electron chi connectivity index (χ2n) is 4.62. The Morgan fingerprint density at radius 3 is 2.68 bits per heavy atom.